The highest BCUT2D eigenvalue weighted by atomic mass is 16.1. The summed E-state index contributed by atoms with van der Waals surface area (Å²) in [6.45, 7) is 8.45. The highest BCUT2D eigenvalue weighted by molar-refractivity contribution is 5.87. The summed E-state index contributed by atoms with van der Waals surface area (Å²) in [4.78, 5) is 10.8. The Balaban J connectivity index is 3.70. The number of rotatable bonds is 9. The second-order valence-electron chi connectivity index (χ2n) is 4.97. The first kappa shape index (κ1) is 15.4. The molecule has 0 rings (SSSR count). The molecule has 0 aliphatic heterocycles. The van der Waals surface area contributed by atoms with Crippen LogP contribution in [0.25, 0.3) is 0 Å². The normalized spacial score (nSPS) is 15.2. The van der Waals surface area contributed by atoms with Gasteiger partial charge in [-0.15, -0.1) is 0 Å². The van der Waals surface area contributed by atoms with Crippen LogP contribution in [0.1, 0.15) is 66.2 Å². The summed E-state index contributed by atoms with van der Waals surface area (Å²) in [6, 6.07) is 0. The molecular weight excluding hydrogens is 196 g/mol. The van der Waals surface area contributed by atoms with Crippen LogP contribution in [-0.4, -0.2) is 5.78 Å². The number of carbonyl (C=O) groups excluding carboxylic acids is 1. The molecule has 0 aliphatic rings. The van der Waals surface area contributed by atoms with E-state index in [-0.39, 0.29) is 5.78 Å². The predicted octanol–water partition coefficient (Wildman–Crippen LogP) is 4.76. The van der Waals surface area contributed by atoms with Gasteiger partial charge in [0.1, 0.15) is 0 Å². The molecule has 0 saturated carbocycles. The molecule has 0 bridgehead atoms. The summed E-state index contributed by atoms with van der Waals surface area (Å²) in [5.41, 5.74) is 0. The number of allylic oxidation sites excluding steroid dienone is 2. The van der Waals surface area contributed by atoms with Crippen LogP contribution >= 0.6 is 0 Å². The Labute approximate surface area is 101 Å². The van der Waals surface area contributed by atoms with Gasteiger partial charge in [-0.25, -0.2) is 0 Å². The Morgan fingerprint density at radius 3 is 2.38 bits per heavy atom. The molecule has 0 radical (unpaired) electrons. The summed E-state index contributed by atoms with van der Waals surface area (Å²) in [5.74, 6) is 1.79. The van der Waals surface area contributed by atoms with Gasteiger partial charge in [0.2, 0.25) is 0 Å². The van der Waals surface area contributed by atoms with Gasteiger partial charge < -0.3 is 0 Å². The minimum Gasteiger partial charge on any atom is -0.295 e. The Morgan fingerprint density at radius 1 is 1.19 bits per heavy atom. The zero-order valence-electron chi connectivity index (χ0n) is 11.5. The maximum absolute atomic E-state index is 10.8. The van der Waals surface area contributed by atoms with Gasteiger partial charge in [-0.2, -0.15) is 0 Å². The summed E-state index contributed by atoms with van der Waals surface area (Å²) in [5, 5.41) is 0. The van der Waals surface area contributed by atoms with Crippen molar-refractivity contribution in [2.45, 2.75) is 66.2 Å². The van der Waals surface area contributed by atoms with Gasteiger partial charge >= 0.3 is 0 Å². The van der Waals surface area contributed by atoms with Crippen LogP contribution in [0, 0.1) is 11.8 Å². The van der Waals surface area contributed by atoms with Crippen LogP contribution in [0.2, 0.25) is 0 Å². The highest BCUT2D eigenvalue weighted by Crippen LogP contribution is 2.20. The quantitative estimate of drug-likeness (QED) is 0.516. The van der Waals surface area contributed by atoms with Crippen LogP contribution in [0.5, 0.6) is 0 Å². The van der Waals surface area contributed by atoms with Crippen LogP contribution in [0.15, 0.2) is 12.2 Å². The molecule has 0 heterocycles. The van der Waals surface area contributed by atoms with Gasteiger partial charge in [-0.1, -0.05) is 59.0 Å². The van der Waals surface area contributed by atoms with Crippen molar-refractivity contribution in [2.75, 3.05) is 0 Å². The van der Waals surface area contributed by atoms with E-state index in [2.05, 4.69) is 20.8 Å². The Hall–Kier alpha value is -0.590. The minimum atomic E-state index is 0.162. The monoisotopic (exact) mass is 224 g/mol. The molecule has 2 atom stereocenters. The first-order chi connectivity index (χ1) is 7.60. The lowest BCUT2D eigenvalue weighted by atomic mass is 9.92. The Bertz CT molecular complexity index is 205. The zero-order chi connectivity index (χ0) is 12.4. The molecule has 2 unspecified atom stereocenters. The minimum absolute atomic E-state index is 0.162. The van der Waals surface area contributed by atoms with E-state index in [1.54, 1.807) is 13.0 Å². The number of hydrogen-bond donors (Lipinski definition) is 0. The van der Waals surface area contributed by atoms with E-state index in [1.165, 1.54) is 32.1 Å². The van der Waals surface area contributed by atoms with Gasteiger partial charge in [-0.3, -0.25) is 4.79 Å². The van der Waals surface area contributed by atoms with Crippen molar-refractivity contribution in [1.82, 2.24) is 0 Å². The van der Waals surface area contributed by atoms with Crippen molar-refractivity contribution in [3.8, 4) is 0 Å². The lowest BCUT2D eigenvalue weighted by Gasteiger charge is -2.14. The predicted molar refractivity (Wildman–Crippen MR) is 71.5 cm³/mol. The molecule has 0 fully saturated rings. The SMILES string of the molecule is CCC(C)CCCC(CC)CC=CC(C)=O. The fourth-order valence-electron chi connectivity index (χ4n) is 1.87. The molecule has 0 saturated heterocycles. The smallest absolute Gasteiger partial charge is 0.152 e. The molecule has 0 aliphatic carbocycles. The molecular formula is C15H28O. The average Bonchev–Trinajstić information content (AvgIpc) is 2.26. The second kappa shape index (κ2) is 9.62. The van der Waals surface area contributed by atoms with Crippen LogP contribution in [0.4, 0.5) is 0 Å². The molecule has 1 heteroatoms. The molecule has 0 spiro atoms. The molecule has 0 aromatic rings. The van der Waals surface area contributed by atoms with Crippen molar-refractivity contribution >= 4 is 5.78 Å². The van der Waals surface area contributed by atoms with E-state index in [9.17, 15) is 4.79 Å². The van der Waals surface area contributed by atoms with E-state index in [0.717, 1.165) is 18.3 Å². The molecule has 16 heavy (non-hydrogen) atoms. The van der Waals surface area contributed by atoms with Gasteiger partial charge in [0.25, 0.3) is 0 Å². The van der Waals surface area contributed by atoms with Crippen molar-refractivity contribution in [3.05, 3.63) is 12.2 Å². The molecule has 0 amide bonds. The van der Waals surface area contributed by atoms with Gasteiger partial charge in [0.05, 0.1) is 0 Å². The summed E-state index contributed by atoms with van der Waals surface area (Å²) < 4.78 is 0. The first-order valence-electron chi connectivity index (χ1n) is 6.77. The van der Waals surface area contributed by atoms with E-state index in [4.69, 9.17) is 0 Å². The van der Waals surface area contributed by atoms with Crippen LogP contribution < -0.4 is 0 Å². The topological polar surface area (TPSA) is 17.1 Å². The van der Waals surface area contributed by atoms with Crippen molar-refractivity contribution < 1.29 is 4.79 Å². The molecule has 1 nitrogen and oxygen atoms in total. The molecule has 0 aromatic carbocycles. The maximum Gasteiger partial charge on any atom is 0.152 e. The van der Waals surface area contributed by atoms with Crippen molar-refractivity contribution in [3.63, 3.8) is 0 Å². The summed E-state index contributed by atoms with van der Waals surface area (Å²) >= 11 is 0. The molecule has 0 aromatic heterocycles. The second-order valence-corrected chi connectivity index (χ2v) is 4.97. The number of ketones is 1. The lowest BCUT2D eigenvalue weighted by molar-refractivity contribution is -0.112. The van der Waals surface area contributed by atoms with Crippen LogP contribution in [0.3, 0.4) is 0 Å². The fraction of sp³-hybridized carbons (Fsp3) is 0.800. The lowest BCUT2D eigenvalue weighted by Crippen LogP contribution is -2.00. The summed E-state index contributed by atoms with van der Waals surface area (Å²) in [7, 11) is 0. The number of carbonyl (C=O) groups is 1. The zero-order valence-corrected chi connectivity index (χ0v) is 11.5. The van der Waals surface area contributed by atoms with E-state index < -0.39 is 0 Å². The Morgan fingerprint density at radius 2 is 1.88 bits per heavy atom. The van der Waals surface area contributed by atoms with Gasteiger partial charge in [0.15, 0.2) is 5.78 Å². The standard InChI is InChI=1S/C15H28O/c1-5-13(3)9-7-11-15(6-2)12-8-10-14(4)16/h8,10,13,15H,5-7,9,11-12H2,1-4H3. The van der Waals surface area contributed by atoms with Crippen LogP contribution in [-0.2, 0) is 4.79 Å². The van der Waals surface area contributed by atoms with E-state index >= 15 is 0 Å². The highest BCUT2D eigenvalue weighted by Gasteiger charge is 2.05. The fourth-order valence-corrected chi connectivity index (χ4v) is 1.87. The first-order valence-corrected chi connectivity index (χ1v) is 6.77. The van der Waals surface area contributed by atoms with Gasteiger partial charge in [0, 0.05) is 0 Å². The third kappa shape index (κ3) is 8.70. The largest absolute Gasteiger partial charge is 0.295 e. The Kier molecular flexibility index (Phi) is 9.27. The molecule has 94 valence electrons. The van der Waals surface area contributed by atoms with Gasteiger partial charge in [-0.05, 0) is 31.3 Å². The maximum atomic E-state index is 10.8. The van der Waals surface area contributed by atoms with Crippen molar-refractivity contribution in [1.29, 1.82) is 0 Å². The van der Waals surface area contributed by atoms with E-state index in [0.29, 0.717) is 0 Å². The molecule has 0 N–H and O–H groups in total. The third-order valence-electron chi connectivity index (χ3n) is 3.41. The third-order valence-corrected chi connectivity index (χ3v) is 3.41. The number of hydrogen-bond acceptors (Lipinski definition) is 1. The average molecular weight is 224 g/mol. The van der Waals surface area contributed by atoms with E-state index in [1.807, 2.05) is 6.08 Å². The van der Waals surface area contributed by atoms with Crippen molar-refractivity contribution in [2.24, 2.45) is 11.8 Å². The summed E-state index contributed by atoms with van der Waals surface area (Å²) in [6.07, 6.45) is 11.3.